The SMILES string of the molecule is CC1(C)C=c2[cH-]c3c(c2CC1)C(C)(C)C=c1cc(C(C)(C)C)ccc1=3.Cl.Cl.Oc1ccc2ccccc2c1.[CH2-]C.[CH2-]C.[Si]=[Ti]. The van der Waals surface area contributed by atoms with Gasteiger partial charge in [0.2, 0.25) is 0 Å². The van der Waals surface area contributed by atoms with Crippen LogP contribution in [0, 0.1) is 29.7 Å². The van der Waals surface area contributed by atoms with Crippen LogP contribution in [0.4, 0.5) is 0 Å². The monoisotopic (exact) mass is 681 g/mol. The van der Waals surface area contributed by atoms with E-state index >= 15 is 0 Å². The van der Waals surface area contributed by atoms with Crippen LogP contribution >= 0.6 is 24.8 Å². The van der Waals surface area contributed by atoms with Gasteiger partial charge in [0, 0.05) is 0 Å². The average Bonchev–Trinajstić information content (AvgIpc) is 3.34. The Bertz CT molecular complexity index is 1710. The Hall–Kier alpha value is -1.68. The molecule has 2 aliphatic carbocycles. The van der Waals surface area contributed by atoms with Crippen LogP contribution in [0.3, 0.4) is 0 Å². The Morgan fingerprint density at radius 1 is 0.818 bits per heavy atom. The van der Waals surface area contributed by atoms with Crippen LogP contribution in [0.25, 0.3) is 22.9 Å². The molecule has 0 amide bonds. The number of benzene rings is 3. The minimum absolute atomic E-state index is 0. The number of hydrogen-bond donors (Lipinski definition) is 1. The first-order valence-corrected chi connectivity index (χ1v) is 17.7. The molecular weight excluding hydrogens is 631 g/mol. The van der Waals surface area contributed by atoms with Crippen LogP contribution in [0.15, 0.2) is 66.7 Å². The second-order valence-corrected chi connectivity index (χ2v) is 12.9. The standard InChI is InChI=1S/C25H31.C10H8O.2C2H5.2ClH.Si.Ti/c1-23(2,3)18-8-9-19-16(12-18)15-25(6,7)22-20-10-11-24(4,5)14-17(20)13-21(19)22;11-10-6-5-8-3-1-2-4-9(8)7-10;2*1-2;;;;/h8-9,12-15H,10-11H2,1-7H3;1-7,11H;2*1H2,2H3;2*1H;;/q-1;;2*-1;;;;. The Morgan fingerprint density at radius 3 is 2.00 bits per heavy atom. The van der Waals surface area contributed by atoms with Crippen molar-refractivity contribution in [3.8, 4) is 5.75 Å². The Labute approximate surface area is 293 Å². The van der Waals surface area contributed by atoms with Gasteiger partial charge < -0.3 is 19.0 Å². The predicted molar refractivity (Wildman–Crippen MR) is 196 cm³/mol. The summed E-state index contributed by atoms with van der Waals surface area (Å²) in [5, 5.41) is 17.1. The molecule has 4 aromatic rings. The molecule has 0 bridgehead atoms. The molecule has 0 heterocycles. The van der Waals surface area contributed by atoms with E-state index in [1.165, 1.54) is 39.3 Å². The molecule has 44 heavy (non-hydrogen) atoms. The van der Waals surface area contributed by atoms with Crippen LogP contribution in [-0.2, 0) is 36.4 Å². The third-order valence-corrected chi connectivity index (χ3v) is 7.89. The minimum atomic E-state index is 0. The van der Waals surface area contributed by atoms with Crippen molar-refractivity contribution in [3.63, 3.8) is 0 Å². The number of halogens is 2. The van der Waals surface area contributed by atoms with Crippen molar-refractivity contribution in [1.29, 1.82) is 0 Å². The van der Waals surface area contributed by atoms with Gasteiger partial charge in [-0.15, -0.1) is 58.5 Å². The van der Waals surface area contributed by atoms with Gasteiger partial charge in [0.1, 0.15) is 5.75 Å². The van der Waals surface area contributed by atoms with E-state index < -0.39 is 0 Å². The van der Waals surface area contributed by atoms with Crippen molar-refractivity contribution in [1.82, 2.24) is 0 Å². The summed E-state index contributed by atoms with van der Waals surface area (Å²) in [6, 6.07) is 22.9. The summed E-state index contributed by atoms with van der Waals surface area (Å²) in [6.07, 6.45) is 7.46. The first-order chi connectivity index (χ1) is 19.8. The molecule has 238 valence electrons. The zero-order valence-corrected chi connectivity index (χ0v) is 32.3. The molecule has 0 spiro atoms. The number of fused-ring (bicyclic) bond motifs is 5. The molecule has 0 aliphatic heterocycles. The summed E-state index contributed by atoms with van der Waals surface area (Å²) < 4.78 is 0. The van der Waals surface area contributed by atoms with E-state index in [2.05, 4.69) is 106 Å². The number of aromatic hydroxyl groups is 1. The zero-order chi connectivity index (χ0) is 31.9. The van der Waals surface area contributed by atoms with E-state index in [1.54, 1.807) is 56.3 Å². The molecule has 0 saturated heterocycles. The van der Waals surface area contributed by atoms with Crippen molar-refractivity contribution < 1.29 is 24.3 Å². The molecule has 0 saturated carbocycles. The normalized spacial score (nSPS) is 14.2. The molecular formula is C39H51Cl2OSiTi-3. The summed E-state index contributed by atoms with van der Waals surface area (Å²) in [5.41, 5.74) is 5.20. The molecule has 0 atom stereocenters. The Kier molecular flexibility index (Phi) is 17.2. The van der Waals surface area contributed by atoms with Crippen LogP contribution < -0.4 is 10.4 Å². The van der Waals surface area contributed by atoms with Gasteiger partial charge in [-0.2, -0.15) is 13.8 Å². The first-order valence-electron chi connectivity index (χ1n) is 14.9. The van der Waals surface area contributed by atoms with Crippen molar-refractivity contribution in [3.05, 3.63) is 118 Å². The molecule has 0 fully saturated rings. The van der Waals surface area contributed by atoms with Gasteiger partial charge in [0.15, 0.2) is 0 Å². The number of phenols is 1. The van der Waals surface area contributed by atoms with Crippen molar-refractivity contribution in [2.45, 2.75) is 86.0 Å². The van der Waals surface area contributed by atoms with Crippen LogP contribution in [0.5, 0.6) is 5.75 Å². The Balaban J connectivity index is 0.000000821. The molecule has 2 radical (unpaired) electrons. The molecule has 0 aromatic heterocycles. The molecule has 1 N–H and O–H groups in total. The van der Waals surface area contributed by atoms with E-state index in [9.17, 15) is 0 Å². The fraction of sp³-hybridized carbons (Fsp3) is 0.359. The second kappa shape index (κ2) is 17.9. The van der Waals surface area contributed by atoms with Crippen LogP contribution in [0.2, 0.25) is 0 Å². The topological polar surface area (TPSA) is 20.2 Å². The van der Waals surface area contributed by atoms with Gasteiger partial charge >= 0.3 is 26.8 Å². The molecule has 1 nitrogen and oxygen atoms in total. The van der Waals surface area contributed by atoms with Crippen LogP contribution in [0.1, 0.15) is 85.4 Å². The molecule has 5 heteroatoms. The van der Waals surface area contributed by atoms with Gasteiger partial charge in [0.05, 0.1) is 0 Å². The summed E-state index contributed by atoms with van der Waals surface area (Å²) in [7, 11) is 2.97. The number of hydrogen-bond acceptors (Lipinski definition) is 1. The quantitative estimate of drug-likeness (QED) is 0.145. The van der Waals surface area contributed by atoms with Gasteiger partial charge in [-0.05, 0) is 44.7 Å². The number of phenolic OH excluding ortho intramolecular Hbond substituents is 1. The van der Waals surface area contributed by atoms with Gasteiger partial charge in [0.25, 0.3) is 0 Å². The van der Waals surface area contributed by atoms with E-state index in [1.807, 2.05) is 30.3 Å². The molecule has 4 aromatic carbocycles. The van der Waals surface area contributed by atoms with Crippen molar-refractivity contribution in [2.75, 3.05) is 0 Å². The van der Waals surface area contributed by atoms with Gasteiger partial charge in [-0.1, -0.05) is 126 Å². The van der Waals surface area contributed by atoms with E-state index in [4.69, 9.17) is 5.11 Å². The molecule has 6 rings (SSSR count). The maximum atomic E-state index is 9.13. The summed E-state index contributed by atoms with van der Waals surface area (Å²) in [5.74, 6) is 0.323. The van der Waals surface area contributed by atoms with E-state index in [-0.39, 0.29) is 35.6 Å². The maximum absolute atomic E-state index is 9.13. The van der Waals surface area contributed by atoms with E-state index in [0.717, 1.165) is 10.8 Å². The van der Waals surface area contributed by atoms with E-state index in [0.29, 0.717) is 11.2 Å². The average molecular weight is 683 g/mol. The van der Waals surface area contributed by atoms with Gasteiger partial charge in [-0.3, -0.25) is 0 Å². The van der Waals surface area contributed by atoms with Crippen LogP contribution in [-0.4, -0.2) is 12.7 Å². The number of rotatable bonds is 0. The first kappa shape index (κ1) is 42.3. The molecule has 0 unspecified atom stereocenters. The third-order valence-electron chi connectivity index (χ3n) is 7.89. The predicted octanol–water partition coefficient (Wildman–Crippen LogP) is 9.50. The zero-order valence-electron chi connectivity index (χ0n) is 28.1. The fourth-order valence-corrected chi connectivity index (χ4v) is 5.94. The third kappa shape index (κ3) is 9.91. The summed E-state index contributed by atoms with van der Waals surface area (Å²) in [6.45, 7) is 26.4. The van der Waals surface area contributed by atoms with Crippen molar-refractivity contribution in [2.24, 2.45) is 5.41 Å². The van der Waals surface area contributed by atoms with Gasteiger partial charge in [-0.25, -0.2) is 0 Å². The fourth-order valence-electron chi connectivity index (χ4n) is 5.94. The Morgan fingerprint density at radius 2 is 1.41 bits per heavy atom. The van der Waals surface area contributed by atoms with Crippen molar-refractivity contribution >= 4 is 55.4 Å². The summed E-state index contributed by atoms with van der Waals surface area (Å²) in [4.78, 5) is 0. The molecule has 2 aliphatic rings. The summed E-state index contributed by atoms with van der Waals surface area (Å²) >= 11 is 1.81. The second-order valence-electron chi connectivity index (χ2n) is 12.9.